The number of nitrogens with zero attached hydrogens (tertiary/aromatic N) is 2. The number of alkyl halides is 3. The predicted octanol–water partition coefficient (Wildman–Crippen LogP) is 1.88. The Bertz CT molecular complexity index is 544. The Morgan fingerprint density at radius 1 is 1.42 bits per heavy atom. The van der Waals surface area contributed by atoms with Crippen LogP contribution in [0.2, 0.25) is 0 Å². The number of non-ortho nitro benzene ring substituents is 1. The molecule has 0 spiro atoms. The number of nitro benzene ring substituents is 1. The van der Waals surface area contributed by atoms with Crippen molar-refractivity contribution in [2.45, 2.75) is 6.18 Å². The van der Waals surface area contributed by atoms with Gasteiger partial charge in [0.15, 0.2) is 0 Å². The Labute approximate surface area is 104 Å². The lowest BCUT2D eigenvalue weighted by molar-refractivity contribution is -0.384. The highest BCUT2D eigenvalue weighted by molar-refractivity contribution is 5.99. The lowest BCUT2D eigenvalue weighted by Gasteiger charge is -2.29. The van der Waals surface area contributed by atoms with E-state index in [9.17, 15) is 28.1 Å². The molecule has 0 bridgehead atoms. The fourth-order valence-electron chi connectivity index (χ4n) is 1.68. The topological polar surface area (TPSA) is 72.7 Å². The summed E-state index contributed by atoms with van der Waals surface area (Å²) in [6.07, 6.45) is -5.04. The van der Waals surface area contributed by atoms with Gasteiger partial charge in [0.05, 0.1) is 17.2 Å². The molecule has 2 rings (SSSR count). The maximum Gasteiger partial charge on any atom is 0.471 e. The monoisotopic (exact) mass is 276 g/mol. The SMILES string of the molecule is O=C(N1CCOc2ccc([N+](=O)[O-])cc21)C(F)(F)F. The van der Waals surface area contributed by atoms with Crippen molar-refractivity contribution < 1.29 is 27.6 Å². The summed E-state index contributed by atoms with van der Waals surface area (Å²) in [6, 6.07) is 3.15. The summed E-state index contributed by atoms with van der Waals surface area (Å²) >= 11 is 0. The Kier molecular flexibility index (Phi) is 3.05. The van der Waals surface area contributed by atoms with Crippen molar-refractivity contribution in [3.05, 3.63) is 28.3 Å². The summed E-state index contributed by atoms with van der Waals surface area (Å²) in [5.41, 5.74) is -0.660. The molecule has 0 saturated carbocycles. The average molecular weight is 276 g/mol. The molecule has 6 nitrogen and oxygen atoms in total. The molecule has 0 fully saturated rings. The number of carbonyl (C=O) groups excluding carboxylic acids is 1. The minimum Gasteiger partial charge on any atom is -0.490 e. The number of benzene rings is 1. The van der Waals surface area contributed by atoms with E-state index in [2.05, 4.69) is 0 Å². The number of amides is 1. The van der Waals surface area contributed by atoms with Gasteiger partial charge in [-0.15, -0.1) is 0 Å². The number of anilines is 1. The molecule has 19 heavy (non-hydrogen) atoms. The van der Waals surface area contributed by atoms with Crippen LogP contribution in [0.25, 0.3) is 0 Å². The first-order valence-corrected chi connectivity index (χ1v) is 5.10. The van der Waals surface area contributed by atoms with Crippen molar-refractivity contribution in [3.8, 4) is 5.75 Å². The van der Waals surface area contributed by atoms with Gasteiger partial charge in [-0.25, -0.2) is 0 Å². The zero-order valence-corrected chi connectivity index (χ0v) is 9.31. The number of hydrogen-bond acceptors (Lipinski definition) is 4. The van der Waals surface area contributed by atoms with E-state index in [1.165, 1.54) is 6.07 Å². The third kappa shape index (κ3) is 2.44. The van der Waals surface area contributed by atoms with Gasteiger partial charge in [-0.05, 0) is 6.07 Å². The molecule has 0 unspecified atom stereocenters. The van der Waals surface area contributed by atoms with Crippen LogP contribution in [0.4, 0.5) is 24.5 Å². The van der Waals surface area contributed by atoms with E-state index < -0.39 is 22.7 Å². The molecule has 0 radical (unpaired) electrons. The molecule has 1 aromatic rings. The van der Waals surface area contributed by atoms with E-state index in [-0.39, 0.29) is 24.6 Å². The zero-order valence-electron chi connectivity index (χ0n) is 9.31. The maximum absolute atomic E-state index is 12.4. The van der Waals surface area contributed by atoms with Gasteiger partial charge >= 0.3 is 12.1 Å². The molecule has 0 atom stereocenters. The van der Waals surface area contributed by atoms with Crippen LogP contribution in [0, 0.1) is 10.1 Å². The van der Waals surface area contributed by atoms with Crippen molar-refractivity contribution in [3.63, 3.8) is 0 Å². The molecule has 0 aromatic heterocycles. The smallest absolute Gasteiger partial charge is 0.471 e. The summed E-state index contributed by atoms with van der Waals surface area (Å²) in [4.78, 5) is 21.5. The standard InChI is InChI=1S/C10H7F3N2O4/c11-10(12,13)9(16)14-3-4-19-8-2-1-6(15(17)18)5-7(8)14/h1-2,5H,3-4H2. The molecular formula is C10H7F3N2O4. The van der Waals surface area contributed by atoms with Crippen LogP contribution >= 0.6 is 0 Å². The van der Waals surface area contributed by atoms with Gasteiger partial charge in [0.1, 0.15) is 12.4 Å². The third-order valence-electron chi connectivity index (χ3n) is 2.50. The van der Waals surface area contributed by atoms with Crippen LogP contribution in [-0.4, -0.2) is 30.2 Å². The number of nitro groups is 1. The molecule has 0 aliphatic carbocycles. The molecule has 1 amide bonds. The lowest BCUT2D eigenvalue weighted by Crippen LogP contribution is -2.45. The minimum atomic E-state index is -5.04. The third-order valence-corrected chi connectivity index (χ3v) is 2.50. The zero-order chi connectivity index (χ0) is 14.2. The van der Waals surface area contributed by atoms with Gasteiger partial charge in [-0.3, -0.25) is 19.8 Å². The molecule has 1 aromatic carbocycles. The highest BCUT2D eigenvalue weighted by atomic mass is 19.4. The van der Waals surface area contributed by atoms with Gasteiger partial charge in [0.25, 0.3) is 5.69 Å². The van der Waals surface area contributed by atoms with E-state index >= 15 is 0 Å². The highest BCUT2D eigenvalue weighted by Gasteiger charge is 2.44. The summed E-state index contributed by atoms with van der Waals surface area (Å²) in [5, 5.41) is 10.6. The van der Waals surface area contributed by atoms with Gasteiger partial charge in [-0.2, -0.15) is 13.2 Å². The Balaban J connectivity index is 2.45. The first-order chi connectivity index (χ1) is 8.80. The number of hydrogen-bond donors (Lipinski definition) is 0. The fraction of sp³-hybridized carbons (Fsp3) is 0.300. The van der Waals surface area contributed by atoms with Crippen LogP contribution in [0.3, 0.4) is 0 Å². The largest absolute Gasteiger partial charge is 0.490 e. The molecule has 1 heterocycles. The highest BCUT2D eigenvalue weighted by Crippen LogP contribution is 2.36. The van der Waals surface area contributed by atoms with E-state index in [0.29, 0.717) is 4.90 Å². The maximum atomic E-state index is 12.4. The number of halogens is 3. The van der Waals surface area contributed by atoms with Gasteiger partial charge in [-0.1, -0.05) is 0 Å². The van der Waals surface area contributed by atoms with E-state index in [0.717, 1.165) is 12.1 Å². The van der Waals surface area contributed by atoms with Crippen molar-refractivity contribution in [2.75, 3.05) is 18.1 Å². The summed E-state index contributed by atoms with van der Waals surface area (Å²) < 4.78 is 42.3. The molecule has 0 saturated heterocycles. The Morgan fingerprint density at radius 3 is 2.68 bits per heavy atom. The number of carbonyl (C=O) groups is 1. The fourth-order valence-corrected chi connectivity index (χ4v) is 1.68. The second-order valence-electron chi connectivity index (χ2n) is 3.71. The molecule has 1 aliphatic rings. The van der Waals surface area contributed by atoms with Crippen LogP contribution in [0.15, 0.2) is 18.2 Å². The van der Waals surface area contributed by atoms with Crippen LogP contribution in [0.1, 0.15) is 0 Å². The first-order valence-electron chi connectivity index (χ1n) is 5.10. The molecular weight excluding hydrogens is 269 g/mol. The van der Waals surface area contributed by atoms with Crippen molar-refractivity contribution in [1.82, 2.24) is 0 Å². The lowest BCUT2D eigenvalue weighted by atomic mass is 10.2. The summed E-state index contributed by atoms with van der Waals surface area (Å²) in [6.45, 7) is -0.418. The van der Waals surface area contributed by atoms with Gasteiger partial charge < -0.3 is 4.74 Å². The minimum absolute atomic E-state index is 0.00875. The van der Waals surface area contributed by atoms with Gasteiger partial charge in [0, 0.05) is 12.1 Å². The molecule has 9 heteroatoms. The normalized spacial score (nSPS) is 14.6. The van der Waals surface area contributed by atoms with Crippen LogP contribution in [0.5, 0.6) is 5.75 Å². The van der Waals surface area contributed by atoms with E-state index in [1.807, 2.05) is 0 Å². The molecule has 0 N–H and O–H groups in total. The Morgan fingerprint density at radius 2 is 2.11 bits per heavy atom. The predicted molar refractivity (Wildman–Crippen MR) is 57.0 cm³/mol. The van der Waals surface area contributed by atoms with E-state index in [4.69, 9.17) is 4.74 Å². The summed E-state index contributed by atoms with van der Waals surface area (Å²) in [7, 11) is 0. The number of rotatable bonds is 1. The van der Waals surface area contributed by atoms with Crippen LogP contribution < -0.4 is 9.64 Å². The van der Waals surface area contributed by atoms with Gasteiger partial charge in [0.2, 0.25) is 0 Å². The van der Waals surface area contributed by atoms with E-state index in [1.54, 1.807) is 0 Å². The molecule has 102 valence electrons. The average Bonchev–Trinajstić information content (AvgIpc) is 2.35. The molecule has 1 aliphatic heterocycles. The number of fused-ring (bicyclic) bond motifs is 1. The van der Waals surface area contributed by atoms with Crippen LogP contribution in [-0.2, 0) is 4.79 Å². The Hall–Kier alpha value is -2.32. The summed E-state index contributed by atoms with van der Waals surface area (Å²) in [5.74, 6) is -2.06. The first kappa shape index (κ1) is 13.1. The van der Waals surface area contributed by atoms with Crippen molar-refractivity contribution >= 4 is 17.3 Å². The second-order valence-corrected chi connectivity index (χ2v) is 3.71. The quantitative estimate of drug-likeness (QED) is 0.580. The second kappa shape index (κ2) is 4.41. The van der Waals surface area contributed by atoms with Crippen molar-refractivity contribution in [1.29, 1.82) is 0 Å². The van der Waals surface area contributed by atoms with Crippen molar-refractivity contribution in [2.24, 2.45) is 0 Å². The number of ether oxygens (including phenoxy) is 1.